The Morgan fingerprint density at radius 1 is 1.36 bits per heavy atom. The van der Waals surface area contributed by atoms with Gasteiger partial charge in [-0.05, 0) is 39.0 Å². The van der Waals surface area contributed by atoms with Crippen molar-refractivity contribution in [2.45, 2.75) is 57.6 Å². The monoisotopic (exact) mass is 456 g/mol. The zero-order chi connectivity index (χ0) is 22.5. The number of hydrogen-bond acceptors (Lipinski definition) is 8. The van der Waals surface area contributed by atoms with E-state index in [0.717, 1.165) is 35.1 Å². The summed E-state index contributed by atoms with van der Waals surface area (Å²) in [5, 5.41) is 12.2. The lowest BCUT2D eigenvalue weighted by Gasteiger charge is -2.28. The van der Waals surface area contributed by atoms with Gasteiger partial charge in [0.25, 0.3) is 0 Å². The number of halogens is 1. The summed E-state index contributed by atoms with van der Waals surface area (Å²) < 4.78 is 28.7. The van der Waals surface area contributed by atoms with Crippen LogP contribution in [0, 0.1) is 5.92 Å². The van der Waals surface area contributed by atoms with Crippen LogP contribution < -0.4 is 10.2 Å². The molecule has 2 bridgehead atoms. The first-order valence-corrected chi connectivity index (χ1v) is 11.8. The average Bonchev–Trinajstić information content (AvgIpc) is 3.56. The Morgan fingerprint density at radius 3 is 3.00 bits per heavy atom. The molecule has 3 saturated heterocycles. The smallest absolute Gasteiger partial charge is 0.243 e. The summed E-state index contributed by atoms with van der Waals surface area (Å²) in [6, 6.07) is 0.142. The Labute approximate surface area is 191 Å². The second kappa shape index (κ2) is 8.21. The van der Waals surface area contributed by atoms with Crippen LogP contribution in [0.2, 0.25) is 0 Å². The number of hydrogen-bond donors (Lipinski definition) is 1. The molecular weight excluding hydrogens is 427 g/mol. The largest absolute Gasteiger partial charge is 0.378 e. The first-order chi connectivity index (χ1) is 16.1. The highest BCUT2D eigenvalue weighted by Crippen LogP contribution is 2.46. The van der Waals surface area contributed by atoms with Crippen molar-refractivity contribution < 1.29 is 13.9 Å². The van der Waals surface area contributed by atoms with Gasteiger partial charge in [-0.3, -0.25) is 0 Å². The lowest BCUT2D eigenvalue weighted by Crippen LogP contribution is -2.39. The van der Waals surface area contributed by atoms with E-state index in [0.29, 0.717) is 31.6 Å². The molecule has 4 aliphatic rings. The molecule has 3 aromatic rings. The lowest BCUT2D eigenvalue weighted by atomic mass is 9.86. The predicted octanol–water partition coefficient (Wildman–Crippen LogP) is 2.68. The summed E-state index contributed by atoms with van der Waals surface area (Å²) in [6.45, 7) is 6.18. The summed E-state index contributed by atoms with van der Waals surface area (Å²) in [6.07, 6.45) is 7.21. The summed E-state index contributed by atoms with van der Waals surface area (Å²) in [5.74, 6) is 1.14. The molecule has 0 radical (unpaired) electrons. The van der Waals surface area contributed by atoms with Gasteiger partial charge in [0.05, 0.1) is 18.8 Å². The van der Waals surface area contributed by atoms with E-state index in [2.05, 4.69) is 20.4 Å². The Morgan fingerprint density at radius 2 is 2.24 bits per heavy atom. The standard InChI is InChI=1S/C22H29FN8O2/c1-3-33-13(2)30-10-15(8-25-30)19-20(29-9-14-6-16(29)7-14)21-27-22(28-31(21)12-24-19)26-18-4-5-32-11-17(18)23/h8,10,12-14,16-18H,3-7,9,11H2,1-2H3,(H,26,28)/t13?,14?,16?,17-,18+/m1/s1. The minimum absolute atomic E-state index is 0.100. The summed E-state index contributed by atoms with van der Waals surface area (Å²) in [5.41, 5.74) is 3.44. The molecule has 4 fully saturated rings. The molecule has 1 unspecified atom stereocenters. The van der Waals surface area contributed by atoms with Gasteiger partial charge in [-0.1, -0.05) is 0 Å². The van der Waals surface area contributed by atoms with E-state index in [-0.39, 0.29) is 18.9 Å². The van der Waals surface area contributed by atoms with E-state index in [9.17, 15) is 4.39 Å². The fourth-order valence-electron chi connectivity index (χ4n) is 5.20. The van der Waals surface area contributed by atoms with Gasteiger partial charge in [-0.25, -0.2) is 14.1 Å². The molecule has 3 atom stereocenters. The van der Waals surface area contributed by atoms with E-state index in [1.54, 1.807) is 10.8 Å². The Balaban J connectivity index is 1.39. The lowest BCUT2D eigenvalue weighted by molar-refractivity contribution is 0.0160. The highest BCUT2D eigenvalue weighted by atomic mass is 19.1. The van der Waals surface area contributed by atoms with Gasteiger partial charge in [-0.2, -0.15) is 14.6 Å². The minimum atomic E-state index is -1.08. The fourth-order valence-corrected chi connectivity index (χ4v) is 5.20. The third kappa shape index (κ3) is 3.63. The van der Waals surface area contributed by atoms with Crippen LogP contribution in [0.1, 0.15) is 39.3 Å². The second-order valence-corrected chi connectivity index (χ2v) is 9.18. The number of nitrogens with one attached hydrogen (secondary N) is 1. The van der Waals surface area contributed by atoms with Crippen LogP contribution in [0.4, 0.5) is 16.0 Å². The third-order valence-electron chi connectivity index (χ3n) is 7.01. The van der Waals surface area contributed by atoms with Gasteiger partial charge in [-0.15, -0.1) is 5.10 Å². The molecule has 33 heavy (non-hydrogen) atoms. The van der Waals surface area contributed by atoms with Crippen molar-refractivity contribution in [2.75, 3.05) is 36.6 Å². The predicted molar refractivity (Wildman–Crippen MR) is 120 cm³/mol. The molecule has 0 spiro atoms. The SMILES string of the molecule is CCOC(C)n1cc(-c2ncn3nc(N[C@H]4CCOC[C@H]4F)nc3c2N2CC3CC2C3)cn1. The van der Waals surface area contributed by atoms with E-state index >= 15 is 0 Å². The van der Waals surface area contributed by atoms with E-state index in [1.165, 1.54) is 12.8 Å². The van der Waals surface area contributed by atoms with Crippen LogP contribution in [-0.2, 0) is 9.47 Å². The van der Waals surface area contributed by atoms with Gasteiger partial charge < -0.3 is 19.7 Å². The molecule has 3 aromatic heterocycles. The van der Waals surface area contributed by atoms with Gasteiger partial charge in [0.15, 0.2) is 5.65 Å². The fraction of sp³-hybridized carbons (Fsp3) is 0.636. The number of anilines is 2. The molecule has 1 saturated carbocycles. The van der Waals surface area contributed by atoms with Crippen LogP contribution in [0.15, 0.2) is 18.7 Å². The summed E-state index contributed by atoms with van der Waals surface area (Å²) >= 11 is 0. The van der Waals surface area contributed by atoms with Crippen LogP contribution in [-0.4, -0.2) is 74.0 Å². The average molecular weight is 457 g/mol. The van der Waals surface area contributed by atoms with Crippen LogP contribution in [0.5, 0.6) is 0 Å². The number of ether oxygens (including phenoxy) is 2. The Kier molecular flexibility index (Phi) is 5.17. The highest BCUT2D eigenvalue weighted by Gasteiger charge is 2.44. The van der Waals surface area contributed by atoms with E-state index in [4.69, 9.17) is 19.4 Å². The Hall–Kier alpha value is -2.79. The zero-order valence-corrected chi connectivity index (χ0v) is 18.9. The maximum atomic E-state index is 14.3. The molecule has 1 N–H and O–H groups in total. The molecular formula is C22H29FN8O2. The van der Waals surface area contributed by atoms with Gasteiger partial charge in [0.2, 0.25) is 5.95 Å². The molecule has 0 amide bonds. The first-order valence-electron chi connectivity index (χ1n) is 11.8. The Bertz CT molecular complexity index is 1140. The van der Waals surface area contributed by atoms with Crippen molar-refractivity contribution in [1.82, 2.24) is 29.4 Å². The highest BCUT2D eigenvalue weighted by molar-refractivity contribution is 5.86. The van der Waals surface area contributed by atoms with Crippen LogP contribution in [0.3, 0.4) is 0 Å². The van der Waals surface area contributed by atoms with Crippen LogP contribution >= 0.6 is 0 Å². The normalized spacial score (nSPS) is 27.7. The van der Waals surface area contributed by atoms with Crippen molar-refractivity contribution in [3.05, 3.63) is 18.7 Å². The number of fused-ring (bicyclic) bond motifs is 2. The molecule has 176 valence electrons. The minimum Gasteiger partial charge on any atom is -0.378 e. The third-order valence-corrected chi connectivity index (χ3v) is 7.01. The molecule has 0 aromatic carbocycles. The van der Waals surface area contributed by atoms with Crippen molar-refractivity contribution in [2.24, 2.45) is 5.92 Å². The van der Waals surface area contributed by atoms with Crippen LogP contribution in [0.25, 0.3) is 16.9 Å². The van der Waals surface area contributed by atoms with Crippen molar-refractivity contribution in [3.8, 4) is 11.3 Å². The maximum Gasteiger partial charge on any atom is 0.243 e. The number of rotatable bonds is 7. The second-order valence-electron chi connectivity index (χ2n) is 9.18. The topological polar surface area (TPSA) is 94.6 Å². The molecule has 11 heteroatoms. The van der Waals surface area contributed by atoms with Gasteiger partial charge >= 0.3 is 0 Å². The zero-order valence-electron chi connectivity index (χ0n) is 18.9. The van der Waals surface area contributed by atoms with Gasteiger partial charge in [0, 0.05) is 37.6 Å². The molecule has 6 heterocycles. The maximum absolute atomic E-state index is 14.3. The number of alkyl halides is 1. The van der Waals surface area contributed by atoms with E-state index in [1.807, 2.05) is 30.9 Å². The molecule has 10 nitrogen and oxygen atoms in total. The van der Waals surface area contributed by atoms with Crippen molar-refractivity contribution in [1.29, 1.82) is 0 Å². The molecule has 3 aliphatic heterocycles. The number of nitrogens with zero attached hydrogens (tertiary/aromatic N) is 7. The van der Waals surface area contributed by atoms with Crippen molar-refractivity contribution in [3.63, 3.8) is 0 Å². The van der Waals surface area contributed by atoms with Gasteiger partial charge in [0.1, 0.15) is 30.1 Å². The van der Waals surface area contributed by atoms with Crippen molar-refractivity contribution >= 4 is 17.3 Å². The summed E-state index contributed by atoms with van der Waals surface area (Å²) in [4.78, 5) is 12.0. The van der Waals surface area contributed by atoms with E-state index < -0.39 is 6.17 Å². The quantitative estimate of drug-likeness (QED) is 0.580. The molecule has 1 aliphatic carbocycles. The number of aromatic nitrogens is 6. The molecule has 7 rings (SSSR count). The first kappa shape index (κ1) is 20.8. The summed E-state index contributed by atoms with van der Waals surface area (Å²) in [7, 11) is 0.